The molecule has 1 atom stereocenters. The standard InChI is InChI=1S/C19H22F2N2O3S/c1-5-18(19(24)22-17-9-7-14(20)11-16(17)21)23(27(4,25)26)15-8-6-12(2)13(3)10-15/h6-11,18H,5H2,1-4H3,(H,22,24)/t18-/m0/s1. The van der Waals surface area contributed by atoms with Gasteiger partial charge in [0.05, 0.1) is 17.6 Å². The summed E-state index contributed by atoms with van der Waals surface area (Å²) in [5.41, 5.74) is 2.00. The van der Waals surface area contributed by atoms with E-state index in [1.165, 1.54) is 0 Å². The van der Waals surface area contributed by atoms with Gasteiger partial charge < -0.3 is 5.32 Å². The third kappa shape index (κ3) is 4.82. The number of hydrogen-bond acceptors (Lipinski definition) is 3. The van der Waals surface area contributed by atoms with Gasteiger partial charge in [0.25, 0.3) is 0 Å². The lowest BCUT2D eigenvalue weighted by atomic mass is 10.1. The molecular formula is C19H22F2N2O3S. The Kier molecular flexibility index (Phi) is 6.20. The first-order valence-corrected chi connectivity index (χ1v) is 10.2. The van der Waals surface area contributed by atoms with Crippen LogP contribution in [-0.2, 0) is 14.8 Å². The van der Waals surface area contributed by atoms with Crippen molar-refractivity contribution in [1.29, 1.82) is 0 Å². The van der Waals surface area contributed by atoms with Gasteiger partial charge in [0.2, 0.25) is 15.9 Å². The average molecular weight is 396 g/mol. The summed E-state index contributed by atoms with van der Waals surface area (Å²) >= 11 is 0. The zero-order valence-electron chi connectivity index (χ0n) is 15.6. The van der Waals surface area contributed by atoms with Crippen LogP contribution in [0.5, 0.6) is 0 Å². The highest BCUT2D eigenvalue weighted by atomic mass is 32.2. The molecule has 8 heteroatoms. The average Bonchev–Trinajstić information content (AvgIpc) is 2.56. The molecule has 0 spiro atoms. The molecule has 0 saturated carbocycles. The molecule has 0 unspecified atom stereocenters. The summed E-state index contributed by atoms with van der Waals surface area (Å²) in [5.74, 6) is -2.41. The van der Waals surface area contributed by atoms with Gasteiger partial charge in [-0.15, -0.1) is 0 Å². The molecule has 2 aromatic carbocycles. The van der Waals surface area contributed by atoms with Crippen molar-refractivity contribution < 1.29 is 22.0 Å². The Labute approximate surface area is 158 Å². The number of carbonyl (C=O) groups excluding carboxylic acids is 1. The molecule has 1 N–H and O–H groups in total. The Morgan fingerprint density at radius 2 is 1.78 bits per heavy atom. The number of benzene rings is 2. The second-order valence-electron chi connectivity index (χ2n) is 6.36. The molecule has 0 fully saturated rings. The maximum absolute atomic E-state index is 13.8. The summed E-state index contributed by atoms with van der Waals surface area (Å²) in [7, 11) is -3.79. The fraction of sp³-hybridized carbons (Fsp3) is 0.316. The second kappa shape index (κ2) is 8.04. The Hall–Kier alpha value is -2.48. The minimum atomic E-state index is -3.79. The van der Waals surface area contributed by atoms with Gasteiger partial charge in [-0.1, -0.05) is 13.0 Å². The molecule has 2 rings (SSSR count). The SMILES string of the molecule is CC[C@@H](C(=O)Nc1ccc(F)cc1F)N(c1ccc(C)c(C)c1)S(C)(=O)=O. The van der Waals surface area contributed by atoms with Gasteiger partial charge >= 0.3 is 0 Å². The Bertz CT molecular complexity index is 961. The fourth-order valence-corrected chi connectivity index (χ4v) is 3.93. The van der Waals surface area contributed by atoms with Crippen molar-refractivity contribution in [3.05, 3.63) is 59.2 Å². The van der Waals surface area contributed by atoms with Crippen molar-refractivity contribution >= 4 is 27.3 Å². The highest BCUT2D eigenvalue weighted by Crippen LogP contribution is 2.26. The first kappa shape index (κ1) is 20.8. The summed E-state index contributed by atoms with van der Waals surface area (Å²) in [6.45, 7) is 5.39. The van der Waals surface area contributed by atoms with E-state index in [-0.39, 0.29) is 12.1 Å². The number of sulfonamides is 1. The van der Waals surface area contributed by atoms with Gasteiger partial charge in [0, 0.05) is 6.07 Å². The molecule has 0 aliphatic rings. The highest BCUT2D eigenvalue weighted by Gasteiger charge is 2.32. The van der Waals surface area contributed by atoms with E-state index in [1.54, 1.807) is 25.1 Å². The smallest absolute Gasteiger partial charge is 0.248 e. The van der Waals surface area contributed by atoms with Crippen LogP contribution in [0.1, 0.15) is 24.5 Å². The number of nitrogens with one attached hydrogen (secondary N) is 1. The number of amides is 1. The van der Waals surface area contributed by atoms with Gasteiger partial charge in [-0.2, -0.15) is 0 Å². The number of rotatable bonds is 6. The van der Waals surface area contributed by atoms with Crippen molar-refractivity contribution in [3.8, 4) is 0 Å². The summed E-state index contributed by atoms with van der Waals surface area (Å²) in [5, 5.41) is 2.35. The minimum Gasteiger partial charge on any atom is -0.322 e. The molecule has 0 heterocycles. The van der Waals surface area contributed by atoms with Crippen LogP contribution in [0.15, 0.2) is 36.4 Å². The quantitative estimate of drug-likeness (QED) is 0.808. The van der Waals surface area contributed by atoms with Crippen molar-refractivity contribution in [1.82, 2.24) is 0 Å². The minimum absolute atomic E-state index is 0.161. The second-order valence-corrected chi connectivity index (χ2v) is 8.22. The molecule has 146 valence electrons. The maximum atomic E-state index is 13.8. The summed E-state index contributed by atoms with van der Waals surface area (Å²) in [4.78, 5) is 12.7. The maximum Gasteiger partial charge on any atom is 0.248 e. The predicted molar refractivity (Wildman–Crippen MR) is 102 cm³/mol. The van der Waals surface area contributed by atoms with Crippen LogP contribution >= 0.6 is 0 Å². The lowest BCUT2D eigenvalue weighted by Crippen LogP contribution is -2.47. The first-order valence-electron chi connectivity index (χ1n) is 8.37. The van der Waals surface area contributed by atoms with E-state index in [0.29, 0.717) is 11.8 Å². The van der Waals surface area contributed by atoms with Crippen molar-refractivity contribution in [2.24, 2.45) is 0 Å². The third-order valence-corrected chi connectivity index (χ3v) is 5.44. The number of nitrogens with zero attached hydrogens (tertiary/aromatic N) is 1. The number of carbonyl (C=O) groups is 1. The van der Waals surface area contributed by atoms with Crippen molar-refractivity contribution in [2.45, 2.75) is 33.2 Å². The van der Waals surface area contributed by atoms with Gasteiger partial charge in [-0.05, 0) is 55.7 Å². The molecular weight excluding hydrogens is 374 g/mol. The topological polar surface area (TPSA) is 66.5 Å². The molecule has 1 amide bonds. The molecule has 0 radical (unpaired) electrons. The van der Waals surface area contributed by atoms with Crippen LogP contribution in [0.4, 0.5) is 20.2 Å². The van der Waals surface area contributed by atoms with E-state index >= 15 is 0 Å². The van der Waals surface area contributed by atoms with Gasteiger partial charge in [-0.3, -0.25) is 9.10 Å². The molecule has 5 nitrogen and oxygen atoms in total. The Morgan fingerprint density at radius 3 is 2.30 bits per heavy atom. The molecule has 0 aliphatic carbocycles. The first-order chi connectivity index (χ1) is 12.5. The number of hydrogen-bond donors (Lipinski definition) is 1. The van der Waals surface area contributed by atoms with Crippen LogP contribution in [0, 0.1) is 25.5 Å². The van der Waals surface area contributed by atoms with Crippen LogP contribution < -0.4 is 9.62 Å². The summed E-state index contributed by atoms with van der Waals surface area (Å²) in [6.07, 6.45) is 1.17. The molecule has 0 aromatic heterocycles. The number of aryl methyl sites for hydroxylation is 2. The van der Waals surface area contributed by atoms with Crippen LogP contribution in [0.25, 0.3) is 0 Å². The lowest BCUT2D eigenvalue weighted by Gasteiger charge is -2.30. The van der Waals surface area contributed by atoms with Crippen LogP contribution in [0.2, 0.25) is 0 Å². The van der Waals surface area contributed by atoms with E-state index in [0.717, 1.165) is 33.8 Å². The Morgan fingerprint density at radius 1 is 1.11 bits per heavy atom. The van der Waals surface area contributed by atoms with E-state index in [1.807, 2.05) is 13.8 Å². The van der Waals surface area contributed by atoms with Gasteiger partial charge in [0.1, 0.15) is 17.7 Å². The number of halogens is 2. The monoisotopic (exact) mass is 396 g/mol. The van der Waals surface area contributed by atoms with Gasteiger partial charge in [-0.25, -0.2) is 17.2 Å². The van der Waals surface area contributed by atoms with Gasteiger partial charge in [0.15, 0.2) is 0 Å². The number of anilines is 2. The molecule has 0 bridgehead atoms. The van der Waals surface area contributed by atoms with E-state index in [4.69, 9.17) is 0 Å². The lowest BCUT2D eigenvalue weighted by molar-refractivity contribution is -0.117. The summed E-state index contributed by atoms with van der Waals surface area (Å²) in [6, 6.07) is 6.74. The summed E-state index contributed by atoms with van der Waals surface area (Å²) < 4.78 is 52.8. The third-order valence-electron chi connectivity index (χ3n) is 4.26. The highest BCUT2D eigenvalue weighted by molar-refractivity contribution is 7.92. The van der Waals surface area contributed by atoms with Crippen molar-refractivity contribution in [3.63, 3.8) is 0 Å². The normalized spacial score (nSPS) is 12.5. The van der Waals surface area contributed by atoms with Crippen LogP contribution in [-0.4, -0.2) is 26.6 Å². The fourth-order valence-electron chi connectivity index (χ4n) is 2.73. The zero-order chi connectivity index (χ0) is 20.4. The largest absolute Gasteiger partial charge is 0.322 e. The van der Waals surface area contributed by atoms with E-state index in [9.17, 15) is 22.0 Å². The van der Waals surface area contributed by atoms with E-state index in [2.05, 4.69) is 5.32 Å². The Balaban J connectivity index is 2.42. The predicted octanol–water partition coefficient (Wildman–Crippen LogP) is 3.76. The van der Waals surface area contributed by atoms with Crippen molar-refractivity contribution in [2.75, 3.05) is 15.9 Å². The zero-order valence-corrected chi connectivity index (χ0v) is 16.4. The van der Waals surface area contributed by atoms with E-state index < -0.39 is 33.6 Å². The molecule has 27 heavy (non-hydrogen) atoms. The molecule has 2 aromatic rings. The van der Waals surface area contributed by atoms with Crippen LogP contribution in [0.3, 0.4) is 0 Å². The molecule has 0 aliphatic heterocycles. The molecule has 0 saturated heterocycles.